The molecule has 0 radical (unpaired) electrons. The van der Waals surface area contributed by atoms with Gasteiger partial charge in [0, 0.05) is 0 Å². The molecule has 0 bridgehead atoms. The van der Waals surface area contributed by atoms with Gasteiger partial charge < -0.3 is 0 Å². The van der Waals surface area contributed by atoms with Crippen LogP contribution in [-0.2, 0) is 0 Å². The van der Waals surface area contributed by atoms with Crippen molar-refractivity contribution < 1.29 is 13.2 Å². The van der Waals surface area contributed by atoms with Gasteiger partial charge in [0.15, 0.2) is 17.5 Å². The van der Waals surface area contributed by atoms with E-state index in [-0.39, 0.29) is 0 Å². The van der Waals surface area contributed by atoms with Gasteiger partial charge in [-0.25, -0.2) is 13.2 Å². The molecule has 0 aliphatic heterocycles. The van der Waals surface area contributed by atoms with E-state index in [2.05, 4.69) is 19.1 Å². The molecule has 0 spiro atoms. The van der Waals surface area contributed by atoms with Crippen LogP contribution in [0.1, 0.15) is 76.2 Å². The second-order valence-corrected chi connectivity index (χ2v) is 9.22. The normalized spacial score (nSPS) is 27.3. The van der Waals surface area contributed by atoms with Crippen molar-refractivity contribution in [2.75, 3.05) is 0 Å². The summed E-state index contributed by atoms with van der Waals surface area (Å²) in [5.74, 6) is -0.307. The third-order valence-electron chi connectivity index (χ3n) is 7.42. The molecule has 2 aromatic rings. The number of rotatable bonds is 5. The molecule has 0 N–H and O–H groups in total. The van der Waals surface area contributed by atoms with Crippen LogP contribution < -0.4 is 0 Å². The molecule has 4 rings (SSSR count). The number of hydrogen-bond donors (Lipinski definition) is 0. The zero-order valence-electron chi connectivity index (χ0n) is 17.3. The van der Waals surface area contributed by atoms with Gasteiger partial charge in [-0.3, -0.25) is 0 Å². The fourth-order valence-electron chi connectivity index (χ4n) is 5.81. The topological polar surface area (TPSA) is 0 Å². The first-order valence-corrected chi connectivity index (χ1v) is 11.3. The summed E-state index contributed by atoms with van der Waals surface area (Å²) >= 11 is 0. The highest BCUT2D eigenvalue weighted by molar-refractivity contribution is 5.64. The molecule has 2 aromatic carbocycles. The van der Waals surface area contributed by atoms with Gasteiger partial charge in [-0.1, -0.05) is 50.5 Å². The lowest BCUT2D eigenvalue weighted by Gasteiger charge is -2.32. The van der Waals surface area contributed by atoms with Crippen LogP contribution in [-0.4, -0.2) is 0 Å². The van der Waals surface area contributed by atoms with E-state index < -0.39 is 17.5 Å². The first kappa shape index (κ1) is 20.5. The molecule has 0 saturated heterocycles. The van der Waals surface area contributed by atoms with Crippen LogP contribution in [0.2, 0.25) is 0 Å². The first-order chi connectivity index (χ1) is 14.0. The maximum Gasteiger partial charge on any atom is 0.194 e. The molecular weight excluding hydrogens is 369 g/mol. The maximum atomic E-state index is 13.5. The lowest BCUT2D eigenvalue weighted by Crippen LogP contribution is -2.19. The molecule has 0 amide bonds. The van der Waals surface area contributed by atoms with Crippen molar-refractivity contribution in [1.29, 1.82) is 0 Å². The third-order valence-corrected chi connectivity index (χ3v) is 7.42. The molecule has 2 atom stereocenters. The SMILES string of the molecule is CCCC1CCC(C2CCC(c3ccc(-c4cc(F)c(F)c(F)c4)cc3)CC2)C1. The minimum atomic E-state index is -1.41. The number of benzene rings is 2. The van der Waals surface area contributed by atoms with E-state index in [4.69, 9.17) is 0 Å². The summed E-state index contributed by atoms with van der Waals surface area (Å²) < 4.78 is 40.2. The van der Waals surface area contributed by atoms with Gasteiger partial charge in [0.25, 0.3) is 0 Å². The Morgan fingerprint density at radius 1 is 0.759 bits per heavy atom. The predicted molar refractivity (Wildman–Crippen MR) is 112 cm³/mol. The lowest BCUT2D eigenvalue weighted by atomic mass is 9.73. The average Bonchev–Trinajstić information content (AvgIpc) is 3.21. The van der Waals surface area contributed by atoms with Crippen LogP contribution in [0, 0.1) is 35.2 Å². The molecular formula is C26H31F3. The van der Waals surface area contributed by atoms with Gasteiger partial charge in [0.05, 0.1) is 0 Å². The Hall–Kier alpha value is -1.77. The number of hydrogen-bond acceptors (Lipinski definition) is 0. The second kappa shape index (κ2) is 8.93. The van der Waals surface area contributed by atoms with E-state index >= 15 is 0 Å². The Morgan fingerprint density at radius 2 is 1.38 bits per heavy atom. The summed E-state index contributed by atoms with van der Waals surface area (Å²) in [5, 5.41) is 0. The van der Waals surface area contributed by atoms with Crippen molar-refractivity contribution in [3.63, 3.8) is 0 Å². The van der Waals surface area contributed by atoms with E-state index in [1.807, 2.05) is 12.1 Å². The van der Waals surface area contributed by atoms with Crippen LogP contribution in [0.25, 0.3) is 11.1 Å². The lowest BCUT2D eigenvalue weighted by molar-refractivity contribution is 0.229. The van der Waals surface area contributed by atoms with E-state index in [0.29, 0.717) is 17.0 Å². The molecule has 29 heavy (non-hydrogen) atoms. The van der Waals surface area contributed by atoms with Gasteiger partial charge in [0.1, 0.15) is 0 Å². The summed E-state index contributed by atoms with van der Waals surface area (Å²) in [6.07, 6.45) is 12.1. The van der Waals surface area contributed by atoms with Gasteiger partial charge in [0.2, 0.25) is 0 Å². The Morgan fingerprint density at radius 3 is 2.00 bits per heavy atom. The highest BCUT2D eigenvalue weighted by Crippen LogP contribution is 2.46. The minimum Gasteiger partial charge on any atom is -0.204 e. The van der Waals surface area contributed by atoms with Gasteiger partial charge in [-0.05, 0) is 91.0 Å². The molecule has 2 fully saturated rings. The zero-order valence-corrected chi connectivity index (χ0v) is 17.3. The van der Waals surface area contributed by atoms with Gasteiger partial charge in [-0.2, -0.15) is 0 Å². The van der Waals surface area contributed by atoms with E-state index in [9.17, 15) is 13.2 Å². The van der Waals surface area contributed by atoms with Crippen molar-refractivity contribution in [3.05, 3.63) is 59.4 Å². The second-order valence-electron chi connectivity index (χ2n) is 9.22. The smallest absolute Gasteiger partial charge is 0.194 e. The Kier molecular flexibility index (Phi) is 6.32. The molecule has 2 saturated carbocycles. The molecule has 2 aliphatic rings. The van der Waals surface area contributed by atoms with Crippen LogP contribution in [0.5, 0.6) is 0 Å². The fourth-order valence-corrected chi connectivity index (χ4v) is 5.81. The third kappa shape index (κ3) is 4.54. The first-order valence-electron chi connectivity index (χ1n) is 11.3. The maximum absolute atomic E-state index is 13.5. The average molecular weight is 401 g/mol. The van der Waals surface area contributed by atoms with Gasteiger partial charge in [-0.15, -0.1) is 0 Å². The summed E-state index contributed by atoms with van der Waals surface area (Å²) in [6, 6.07) is 10.1. The molecule has 0 aromatic heterocycles. The van der Waals surface area contributed by atoms with Crippen molar-refractivity contribution in [2.24, 2.45) is 17.8 Å². The minimum absolute atomic E-state index is 0.375. The molecule has 0 heterocycles. The van der Waals surface area contributed by atoms with E-state index in [1.54, 1.807) is 0 Å². The number of halogens is 3. The summed E-state index contributed by atoms with van der Waals surface area (Å²) in [6.45, 7) is 2.30. The van der Waals surface area contributed by atoms with Gasteiger partial charge >= 0.3 is 0 Å². The Labute approximate surface area is 172 Å². The van der Waals surface area contributed by atoms with Crippen molar-refractivity contribution >= 4 is 0 Å². The molecule has 156 valence electrons. The fraction of sp³-hybridized carbons (Fsp3) is 0.538. The Bertz CT molecular complexity index is 795. The van der Waals surface area contributed by atoms with Crippen molar-refractivity contribution in [1.82, 2.24) is 0 Å². The summed E-state index contributed by atoms with van der Waals surface area (Å²) in [7, 11) is 0. The summed E-state index contributed by atoms with van der Waals surface area (Å²) in [4.78, 5) is 0. The molecule has 2 aliphatic carbocycles. The van der Waals surface area contributed by atoms with Crippen LogP contribution in [0.3, 0.4) is 0 Å². The van der Waals surface area contributed by atoms with Crippen LogP contribution in [0.15, 0.2) is 36.4 Å². The quantitative estimate of drug-likeness (QED) is 0.443. The monoisotopic (exact) mass is 400 g/mol. The molecule has 0 nitrogen and oxygen atoms in total. The predicted octanol–water partition coefficient (Wildman–Crippen LogP) is 8.26. The van der Waals surface area contributed by atoms with Crippen LogP contribution >= 0.6 is 0 Å². The van der Waals surface area contributed by atoms with Crippen molar-refractivity contribution in [3.8, 4) is 11.1 Å². The molecule has 2 unspecified atom stereocenters. The molecule has 3 heteroatoms. The highest BCUT2D eigenvalue weighted by atomic mass is 19.2. The largest absolute Gasteiger partial charge is 0.204 e. The standard InChI is InChI=1S/C26H31F3/c1-2-3-17-4-5-22(14-17)20-10-6-18(7-11-20)19-8-12-21(13-9-19)23-15-24(27)26(29)25(28)16-23/h8-9,12-13,15-18,20,22H,2-7,10-11,14H2,1H3. The highest BCUT2D eigenvalue weighted by Gasteiger charge is 2.33. The van der Waals surface area contributed by atoms with E-state index in [1.165, 1.54) is 63.4 Å². The zero-order chi connectivity index (χ0) is 20.4. The van der Waals surface area contributed by atoms with E-state index in [0.717, 1.165) is 29.9 Å². The Balaban J connectivity index is 1.36. The van der Waals surface area contributed by atoms with Crippen LogP contribution in [0.4, 0.5) is 13.2 Å². The van der Waals surface area contributed by atoms with Crippen molar-refractivity contribution in [2.45, 2.75) is 70.6 Å². The summed E-state index contributed by atoms with van der Waals surface area (Å²) in [5.41, 5.74) is 2.40.